The molecule has 0 unspecified atom stereocenters. The molecule has 1 aromatic carbocycles. The second kappa shape index (κ2) is 6.81. The van der Waals surface area contributed by atoms with Crippen molar-refractivity contribution in [3.8, 4) is 11.8 Å². The fraction of sp³-hybridized carbons (Fsp3) is 0.333. The summed E-state index contributed by atoms with van der Waals surface area (Å²) in [4.78, 5) is 10.4. The minimum absolute atomic E-state index is 0.144. The van der Waals surface area contributed by atoms with Crippen LogP contribution in [0.2, 0.25) is 0 Å². The van der Waals surface area contributed by atoms with Crippen LogP contribution < -0.4 is 4.74 Å². The van der Waals surface area contributed by atoms with Crippen molar-refractivity contribution < 1.29 is 14.6 Å². The first-order valence-corrected chi connectivity index (χ1v) is 6.19. The van der Waals surface area contributed by atoms with Gasteiger partial charge in [-0.05, 0) is 18.2 Å². The number of thioether (sulfide) groups is 1. The molecule has 0 atom stereocenters. The first-order valence-electron chi connectivity index (χ1n) is 5.04. The predicted molar refractivity (Wildman–Crippen MR) is 66.1 cm³/mol. The van der Waals surface area contributed by atoms with Crippen LogP contribution >= 0.6 is 11.8 Å². The maximum Gasteiger partial charge on any atom is 0.304 e. The summed E-state index contributed by atoms with van der Waals surface area (Å²) in [7, 11) is 1.58. The molecule has 0 spiro atoms. The summed E-state index contributed by atoms with van der Waals surface area (Å²) >= 11 is 1.51. The quantitative estimate of drug-likeness (QED) is 0.785. The SMILES string of the molecule is COc1ccc(C#N)cc1CSCCC(=O)O. The molecular formula is C12H13NO3S. The van der Waals surface area contributed by atoms with E-state index in [1.54, 1.807) is 25.3 Å². The van der Waals surface area contributed by atoms with Crippen molar-refractivity contribution in [2.45, 2.75) is 12.2 Å². The Bertz CT molecular complexity index is 440. The van der Waals surface area contributed by atoms with Gasteiger partial charge in [0.2, 0.25) is 0 Å². The summed E-state index contributed by atoms with van der Waals surface area (Å²) in [5.41, 5.74) is 1.50. The lowest BCUT2D eigenvalue weighted by Crippen LogP contribution is -1.97. The molecule has 0 radical (unpaired) electrons. The van der Waals surface area contributed by atoms with Crippen molar-refractivity contribution in [3.05, 3.63) is 29.3 Å². The van der Waals surface area contributed by atoms with Crippen LogP contribution in [-0.2, 0) is 10.5 Å². The minimum atomic E-state index is -0.796. The van der Waals surface area contributed by atoms with Crippen LogP contribution in [0.15, 0.2) is 18.2 Å². The largest absolute Gasteiger partial charge is 0.496 e. The van der Waals surface area contributed by atoms with Crippen molar-refractivity contribution >= 4 is 17.7 Å². The third kappa shape index (κ3) is 4.37. The lowest BCUT2D eigenvalue weighted by Gasteiger charge is -2.08. The lowest BCUT2D eigenvalue weighted by molar-refractivity contribution is -0.136. The van der Waals surface area contributed by atoms with Gasteiger partial charge < -0.3 is 9.84 Å². The molecule has 4 nitrogen and oxygen atoms in total. The Labute approximate surface area is 104 Å². The highest BCUT2D eigenvalue weighted by atomic mass is 32.2. The highest BCUT2D eigenvalue weighted by Crippen LogP contribution is 2.24. The fourth-order valence-electron chi connectivity index (χ4n) is 1.30. The molecule has 17 heavy (non-hydrogen) atoms. The summed E-state index contributed by atoms with van der Waals surface area (Å²) in [6.45, 7) is 0. The van der Waals surface area contributed by atoms with E-state index in [4.69, 9.17) is 15.1 Å². The Morgan fingerprint density at radius 3 is 2.94 bits per heavy atom. The molecule has 0 heterocycles. The van der Waals surface area contributed by atoms with E-state index < -0.39 is 5.97 Å². The summed E-state index contributed by atoms with van der Waals surface area (Å²) in [6.07, 6.45) is 0.144. The first kappa shape index (κ1) is 13.4. The van der Waals surface area contributed by atoms with Crippen LogP contribution in [0, 0.1) is 11.3 Å². The van der Waals surface area contributed by atoms with E-state index in [-0.39, 0.29) is 6.42 Å². The van der Waals surface area contributed by atoms with Gasteiger partial charge in [-0.25, -0.2) is 0 Å². The highest BCUT2D eigenvalue weighted by molar-refractivity contribution is 7.98. The van der Waals surface area contributed by atoms with Gasteiger partial charge in [-0.1, -0.05) is 0 Å². The lowest BCUT2D eigenvalue weighted by atomic mass is 10.1. The van der Waals surface area contributed by atoms with E-state index in [9.17, 15) is 4.79 Å². The topological polar surface area (TPSA) is 70.3 Å². The zero-order valence-corrected chi connectivity index (χ0v) is 10.3. The van der Waals surface area contributed by atoms with E-state index in [1.807, 2.05) is 0 Å². The number of carbonyl (C=O) groups is 1. The number of nitriles is 1. The van der Waals surface area contributed by atoms with Gasteiger partial charge in [0.15, 0.2) is 0 Å². The second-order valence-corrected chi connectivity index (χ2v) is 4.44. The second-order valence-electron chi connectivity index (χ2n) is 3.33. The van der Waals surface area contributed by atoms with Gasteiger partial charge in [-0.15, -0.1) is 0 Å². The van der Waals surface area contributed by atoms with Crippen LogP contribution in [0.3, 0.4) is 0 Å². The molecule has 1 aromatic rings. The number of methoxy groups -OCH3 is 1. The van der Waals surface area contributed by atoms with Gasteiger partial charge in [0.1, 0.15) is 5.75 Å². The van der Waals surface area contributed by atoms with Crippen molar-refractivity contribution in [3.63, 3.8) is 0 Å². The van der Waals surface area contributed by atoms with Crippen molar-refractivity contribution in [2.24, 2.45) is 0 Å². The number of carboxylic acid groups (broad SMARTS) is 1. The third-order valence-electron chi connectivity index (χ3n) is 2.13. The van der Waals surface area contributed by atoms with Crippen LogP contribution in [0.4, 0.5) is 0 Å². The molecule has 0 saturated carbocycles. The van der Waals surface area contributed by atoms with E-state index in [2.05, 4.69) is 6.07 Å². The van der Waals surface area contributed by atoms with Gasteiger partial charge >= 0.3 is 5.97 Å². The number of nitrogens with zero attached hydrogens (tertiary/aromatic N) is 1. The number of rotatable bonds is 6. The Morgan fingerprint density at radius 2 is 2.35 bits per heavy atom. The smallest absolute Gasteiger partial charge is 0.304 e. The van der Waals surface area contributed by atoms with Crippen molar-refractivity contribution in [1.82, 2.24) is 0 Å². The van der Waals surface area contributed by atoms with E-state index >= 15 is 0 Å². The predicted octanol–water partition coefficient (Wildman–Crippen LogP) is 2.27. The highest BCUT2D eigenvalue weighted by Gasteiger charge is 2.05. The average molecular weight is 251 g/mol. The van der Waals surface area contributed by atoms with Gasteiger partial charge in [-0.3, -0.25) is 4.79 Å². The van der Waals surface area contributed by atoms with E-state index in [1.165, 1.54) is 11.8 Å². The molecule has 1 N–H and O–H groups in total. The molecular weight excluding hydrogens is 238 g/mol. The third-order valence-corrected chi connectivity index (χ3v) is 3.14. The van der Waals surface area contributed by atoms with Crippen LogP contribution in [0.1, 0.15) is 17.5 Å². The number of ether oxygens (including phenoxy) is 1. The van der Waals surface area contributed by atoms with E-state index in [0.717, 1.165) is 11.3 Å². The summed E-state index contributed by atoms with van der Waals surface area (Å²) in [6, 6.07) is 7.29. The zero-order valence-electron chi connectivity index (χ0n) is 9.47. The monoisotopic (exact) mass is 251 g/mol. The number of benzene rings is 1. The van der Waals surface area contributed by atoms with Crippen molar-refractivity contribution in [2.75, 3.05) is 12.9 Å². The van der Waals surface area contributed by atoms with Gasteiger partial charge in [0, 0.05) is 17.1 Å². The number of hydrogen-bond acceptors (Lipinski definition) is 4. The molecule has 0 amide bonds. The zero-order chi connectivity index (χ0) is 12.7. The van der Waals surface area contributed by atoms with Crippen LogP contribution in [0.25, 0.3) is 0 Å². The molecule has 0 fully saturated rings. The standard InChI is InChI=1S/C12H13NO3S/c1-16-11-3-2-9(7-13)6-10(11)8-17-5-4-12(14)15/h2-3,6H,4-5,8H2,1H3,(H,14,15). The Balaban J connectivity index is 2.62. The molecule has 0 saturated heterocycles. The van der Waals surface area contributed by atoms with Crippen molar-refractivity contribution in [1.29, 1.82) is 5.26 Å². The molecule has 0 aliphatic heterocycles. The Morgan fingerprint density at radius 1 is 1.59 bits per heavy atom. The Hall–Kier alpha value is -1.67. The number of hydrogen-bond donors (Lipinski definition) is 1. The minimum Gasteiger partial charge on any atom is -0.496 e. The summed E-state index contributed by atoms with van der Waals surface area (Å²) in [5.74, 6) is 1.13. The van der Waals surface area contributed by atoms with Gasteiger partial charge in [0.05, 0.1) is 25.2 Å². The number of carboxylic acids is 1. The normalized spacial score (nSPS) is 9.65. The molecule has 90 valence electrons. The van der Waals surface area contributed by atoms with Gasteiger partial charge in [-0.2, -0.15) is 17.0 Å². The van der Waals surface area contributed by atoms with Crippen LogP contribution in [0.5, 0.6) is 5.75 Å². The summed E-state index contributed by atoms with van der Waals surface area (Å²) < 4.78 is 5.18. The molecule has 0 aliphatic rings. The van der Waals surface area contributed by atoms with Crippen LogP contribution in [-0.4, -0.2) is 23.9 Å². The fourth-order valence-corrected chi connectivity index (χ4v) is 2.21. The van der Waals surface area contributed by atoms with Gasteiger partial charge in [0.25, 0.3) is 0 Å². The molecule has 0 aliphatic carbocycles. The first-order chi connectivity index (χ1) is 8.17. The number of aliphatic carboxylic acids is 1. The maximum absolute atomic E-state index is 10.4. The average Bonchev–Trinajstić information content (AvgIpc) is 2.34. The maximum atomic E-state index is 10.4. The summed E-state index contributed by atoms with van der Waals surface area (Å²) in [5, 5.41) is 17.3. The molecule has 5 heteroatoms. The Kier molecular flexibility index (Phi) is 5.37. The molecule has 1 rings (SSSR count). The molecule has 0 aromatic heterocycles. The van der Waals surface area contributed by atoms with E-state index in [0.29, 0.717) is 17.1 Å². The molecule has 0 bridgehead atoms.